The predicted octanol–water partition coefficient (Wildman–Crippen LogP) is 4.72. The fourth-order valence-corrected chi connectivity index (χ4v) is 2.30. The monoisotopic (exact) mass is 294 g/mol. The normalized spacial score (nSPS) is 11.1. The number of hydrogen-bond donors (Lipinski definition) is 1. The van der Waals surface area contributed by atoms with Gasteiger partial charge in [-0.05, 0) is 36.8 Å². The Morgan fingerprint density at radius 3 is 2.68 bits per heavy atom. The molecule has 4 heteroatoms. The quantitative estimate of drug-likeness (QED) is 0.707. The molecule has 0 atom stereocenters. The molecule has 0 radical (unpaired) electrons. The van der Waals surface area contributed by atoms with Crippen molar-refractivity contribution in [1.29, 1.82) is 0 Å². The lowest BCUT2D eigenvalue weighted by Crippen LogP contribution is -2.06. The van der Waals surface area contributed by atoms with Crippen LogP contribution in [-0.2, 0) is 0 Å². The molecule has 0 saturated heterocycles. The maximum atomic E-state index is 12.1. The number of anilines is 2. The Kier molecular flexibility index (Phi) is 3.67. The third-order valence-electron chi connectivity index (χ3n) is 3.58. The number of nitrogens with one attached hydrogen (secondary N) is 1. The second kappa shape index (κ2) is 5.64. The summed E-state index contributed by atoms with van der Waals surface area (Å²) in [6.45, 7) is 5.80. The van der Waals surface area contributed by atoms with Crippen molar-refractivity contribution in [3.05, 3.63) is 53.6 Å². The lowest BCUT2D eigenvalue weighted by Gasteiger charge is -2.04. The van der Waals surface area contributed by atoms with Gasteiger partial charge in [0.25, 0.3) is 6.01 Å². The van der Waals surface area contributed by atoms with Crippen molar-refractivity contribution >= 4 is 28.6 Å². The van der Waals surface area contributed by atoms with E-state index in [2.05, 4.69) is 10.3 Å². The van der Waals surface area contributed by atoms with Crippen LogP contribution in [-0.4, -0.2) is 10.8 Å². The number of para-hydroxylation sites is 1. The van der Waals surface area contributed by atoms with Gasteiger partial charge in [0.2, 0.25) is 0 Å². The van der Waals surface area contributed by atoms with Crippen molar-refractivity contribution in [3.8, 4) is 0 Å². The van der Waals surface area contributed by atoms with Crippen LogP contribution in [0.2, 0.25) is 0 Å². The Morgan fingerprint density at radius 1 is 1.18 bits per heavy atom. The molecule has 0 aliphatic carbocycles. The van der Waals surface area contributed by atoms with E-state index < -0.39 is 0 Å². The van der Waals surface area contributed by atoms with E-state index in [0.717, 1.165) is 11.3 Å². The fourth-order valence-electron chi connectivity index (χ4n) is 2.30. The molecule has 0 amide bonds. The molecule has 1 aromatic heterocycles. The molecule has 0 aliphatic heterocycles. The minimum absolute atomic E-state index is 0.0334. The number of benzene rings is 2. The summed E-state index contributed by atoms with van der Waals surface area (Å²) >= 11 is 0. The van der Waals surface area contributed by atoms with Crippen molar-refractivity contribution in [3.63, 3.8) is 0 Å². The molecular formula is C18H18N2O2. The van der Waals surface area contributed by atoms with Crippen molar-refractivity contribution in [2.75, 3.05) is 5.32 Å². The summed E-state index contributed by atoms with van der Waals surface area (Å²) in [6.07, 6.45) is 0. The van der Waals surface area contributed by atoms with Gasteiger partial charge in [0, 0.05) is 17.2 Å². The highest BCUT2D eigenvalue weighted by Crippen LogP contribution is 2.25. The number of ketones is 1. The molecule has 0 spiro atoms. The molecule has 2 aromatic carbocycles. The second-order valence-electron chi connectivity index (χ2n) is 5.66. The molecular weight excluding hydrogens is 276 g/mol. The van der Waals surface area contributed by atoms with Crippen LogP contribution in [0, 0.1) is 12.8 Å². The van der Waals surface area contributed by atoms with Gasteiger partial charge in [0.15, 0.2) is 11.4 Å². The number of oxazole rings is 1. The largest absolute Gasteiger partial charge is 0.423 e. The summed E-state index contributed by atoms with van der Waals surface area (Å²) in [5.74, 6) is 0.0761. The zero-order valence-electron chi connectivity index (χ0n) is 12.9. The van der Waals surface area contributed by atoms with Crippen LogP contribution in [0.1, 0.15) is 29.8 Å². The van der Waals surface area contributed by atoms with Crippen LogP contribution in [0.25, 0.3) is 11.1 Å². The summed E-state index contributed by atoms with van der Waals surface area (Å²) < 4.78 is 5.69. The average Bonchev–Trinajstić information content (AvgIpc) is 2.90. The van der Waals surface area contributed by atoms with Gasteiger partial charge in [-0.3, -0.25) is 4.79 Å². The maximum absolute atomic E-state index is 12.1. The minimum atomic E-state index is -0.0334. The second-order valence-corrected chi connectivity index (χ2v) is 5.66. The number of aryl methyl sites for hydroxylation is 1. The van der Waals surface area contributed by atoms with E-state index >= 15 is 0 Å². The Labute approximate surface area is 129 Å². The molecule has 3 rings (SSSR count). The number of carbonyl (C=O) groups is 1. The fraction of sp³-hybridized carbons (Fsp3) is 0.222. The molecule has 0 unspecified atom stereocenters. The molecule has 0 aliphatic rings. The van der Waals surface area contributed by atoms with E-state index in [0.29, 0.717) is 22.7 Å². The number of Topliss-reactive ketones (excluding diaryl/α,β-unsaturated/α-hetero) is 1. The standard InChI is InChI=1S/C18H18N2O2/c1-11(2)17(21)13-8-9-16-15(10-13)20-18(22-16)19-14-7-5-4-6-12(14)3/h4-11H,1-3H3,(H,19,20). The zero-order valence-corrected chi connectivity index (χ0v) is 12.9. The van der Waals surface area contributed by atoms with Crippen LogP contribution in [0.3, 0.4) is 0 Å². The first-order chi connectivity index (χ1) is 10.5. The van der Waals surface area contributed by atoms with Crippen LogP contribution >= 0.6 is 0 Å². The molecule has 0 bridgehead atoms. The molecule has 0 fully saturated rings. The Morgan fingerprint density at radius 2 is 1.95 bits per heavy atom. The summed E-state index contributed by atoms with van der Waals surface area (Å²) in [7, 11) is 0. The highest BCUT2D eigenvalue weighted by Gasteiger charge is 2.13. The van der Waals surface area contributed by atoms with Crippen LogP contribution < -0.4 is 5.32 Å². The van der Waals surface area contributed by atoms with E-state index in [1.165, 1.54) is 0 Å². The van der Waals surface area contributed by atoms with E-state index in [1.54, 1.807) is 18.2 Å². The highest BCUT2D eigenvalue weighted by atomic mass is 16.4. The predicted molar refractivity (Wildman–Crippen MR) is 87.6 cm³/mol. The number of fused-ring (bicyclic) bond motifs is 1. The third-order valence-corrected chi connectivity index (χ3v) is 3.58. The van der Waals surface area contributed by atoms with Crippen LogP contribution in [0.15, 0.2) is 46.9 Å². The SMILES string of the molecule is Cc1ccccc1Nc1nc2cc(C(=O)C(C)C)ccc2o1. The average molecular weight is 294 g/mol. The van der Waals surface area contributed by atoms with Gasteiger partial charge < -0.3 is 9.73 Å². The lowest BCUT2D eigenvalue weighted by atomic mass is 10.0. The minimum Gasteiger partial charge on any atom is -0.423 e. The smallest absolute Gasteiger partial charge is 0.300 e. The number of aromatic nitrogens is 1. The number of nitrogens with zero attached hydrogens (tertiary/aromatic N) is 1. The number of carbonyl (C=O) groups excluding carboxylic acids is 1. The molecule has 0 saturated carbocycles. The molecule has 3 aromatic rings. The lowest BCUT2D eigenvalue weighted by molar-refractivity contribution is 0.0939. The van der Waals surface area contributed by atoms with Gasteiger partial charge in [-0.1, -0.05) is 32.0 Å². The third kappa shape index (κ3) is 2.72. The zero-order chi connectivity index (χ0) is 15.7. The van der Waals surface area contributed by atoms with Crippen LogP contribution in [0.5, 0.6) is 0 Å². The molecule has 4 nitrogen and oxygen atoms in total. The van der Waals surface area contributed by atoms with E-state index in [9.17, 15) is 4.79 Å². The first-order valence-corrected chi connectivity index (χ1v) is 7.32. The van der Waals surface area contributed by atoms with Crippen LogP contribution in [0.4, 0.5) is 11.7 Å². The van der Waals surface area contributed by atoms with Crippen molar-refractivity contribution in [2.24, 2.45) is 5.92 Å². The molecule has 112 valence electrons. The van der Waals surface area contributed by atoms with Gasteiger partial charge in [0.05, 0.1) is 0 Å². The summed E-state index contributed by atoms with van der Waals surface area (Å²) in [4.78, 5) is 16.5. The van der Waals surface area contributed by atoms with Crippen molar-refractivity contribution in [2.45, 2.75) is 20.8 Å². The molecule has 22 heavy (non-hydrogen) atoms. The number of hydrogen-bond acceptors (Lipinski definition) is 4. The van der Waals surface area contributed by atoms with Gasteiger partial charge in [-0.15, -0.1) is 0 Å². The highest BCUT2D eigenvalue weighted by molar-refractivity contribution is 5.99. The Bertz CT molecular complexity index is 834. The van der Waals surface area contributed by atoms with Gasteiger partial charge in [-0.25, -0.2) is 0 Å². The summed E-state index contributed by atoms with van der Waals surface area (Å²) in [5.41, 5.74) is 4.07. The Balaban J connectivity index is 1.93. The topological polar surface area (TPSA) is 55.1 Å². The van der Waals surface area contributed by atoms with E-state index in [-0.39, 0.29) is 11.7 Å². The maximum Gasteiger partial charge on any atom is 0.300 e. The first-order valence-electron chi connectivity index (χ1n) is 7.32. The number of rotatable bonds is 4. The van der Waals surface area contributed by atoms with Crippen molar-refractivity contribution in [1.82, 2.24) is 4.98 Å². The van der Waals surface area contributed by atoms with Gasteiger partial charge in [0.1, 0.15) is 5.52 Å². The van der Waals surface area contributed by atoms with Gasteiger partial charge in [-0.2, -0.15) is 4.98 Å². The van der Waals surface area contributed by atoms with E-state index in [1.807, 2.05) is 45.0 Å². The molecule has 1 heterocycles. The Hall–Kier alpha value is -2.62. The first kappa shape index (κ1) is 14.3. The van der Waals surface area contributed by atoms with Crippen molar-refractivity contribution < 1.29 is 9.21 Å². The van der Waals surface area contributed by atoms with Gasteiger partial charge >= 0.3 is 0 Å². The summed E-state index contributed by atoms with van der Waals surface area (Å²) in [6, 6.07) is 13.7. The van der Waals surface area contributed by atoms with E-state index in [4.69, 9.17) is 4.42 Å². The summed E-state index contributed by atoms with van der Waals surface area (Å²) in [5, 5.41) is 3.17. The molecule has 1 N–H and O–H groups in total.